The third-order valence-corrected chi connectivity index (χ3v) is 11.5. The number of hydrogen-bond donors (Lipinski definition) is 3. The van der Waals surface area contributed by atoms with Crippen molar-refractivity contribution in [2.45, 2.75) is 231 Å². The van der Waals surface area contributed by atoms with Crippen LogP contribution in [0.25, 0.3) is 0 Å². The maximum atomic E-state index is 12.7. The Balaban J connectivity index is 4.15. The number of rotatable bonds is 47. The molecule has 4 N–H and O–H groups in total. The molecule has 0 aliphatic rings. The number of hydrogen-bond acceptors (Lipinski definition) is 8. The number of ether oxygens (including phenoxy) is 2. The van der Waals surface area contributed by atoms with Gasteiger partial charge >= 0.3 is 19.8 Å². The Morgan fingerprint density at radius 1 is 0.541 bits per heavy atom. The van der Waals surface area contributed by atoms with E-state index in [0.717, 1.165) is 64.2 Å². The maximum absolute atomic E-state index is 12.7. The number of allylic oxidation sites excluding steroid dienone is 8. The average molecular weight is 882 g/mol. The second-order valence-electron chi connectivity index (χ2n) is 16.6. The van der Waals surface area contributed by atoms with Crippen LogP contribution in [0.3, 0.4) is 0 Å². The Morgan fingerprint density at radius 2 is 0.951 bits per heavy atom. The number of carbonyl (C=O) groups is 2. The minimum Gasteiger partial charge on any atom is -0.480 e. The Kier molecular flexibility index (Phi) is 44.4. The van der Waals surface area contributed by atoms with E-state index in [-0.39, 0.29) is 13.0 Å². The molecule has 10 nitrogen and oxygen atoms in total. The highest BCUT2D eigenvalue weighted by atomic mass is 31.2. The molecule has 356 valence electrons. The number of unbranched alkanes of at least 4 members (excludes halogenated alkanes) is 25. The third kappa shape index (κ3) is 45.8. The van der Waals surface area contributed by atoms with Gasteiger partial charge in [0.15, 0.2) is 0 Å². The topological polar surface area (TPSA) is 155 Å². The Morgan fingerprint density at radius 3 is 1.44 bits per heavy atom. The summed E-state index contributed by atoms with van der Waals surface area (Å²) in [4.78, 5) is 33.6. The van der Waals surface area contributed by atoms with E-state index in [1.54, 1.807) is 0 Å². The first-order valence-corrected chi connectivity index (χ1v) is 26.2. The van der Waals surface area contributed by atoms with Crippen molar-refractivity contribution in [2.24, 2.45) is 5.73 Å². The molecule has 0 bridgehead atoms. The van der Waals surface area contributed by atoms with E-state index < -0.39 is 45.1 Å². The van der Waals surface area contributed by atoms with Crippen LogP contribution in [-0.4, -0.2) is 60.5 Å². The standard InChI is InChI=1S/C50H92NO9P/c1-3-5-7-9-11-13-15-17-19-21-22-23-24-25-27-29-31-33-35-37-39-41-43-57-44-47(45-58-61(55,56)59-46-48(51)50(53)54)60-49(52)42-40-38-36-34-32-30-28-26-20-18-16-14-12-10-8-6-4-2/h6,8,12,14,18,20-22,47-48H,3-5,7,9-11,13,15-17,19,23-46,51H2,1-2H3,(H,53,54)(H,55,56)/b8-6-,14-12-,20-18-,22-21-. The number of esters is 1. The molecule has 3 unspecified atom stereocenters. The predicted octanol–water partition coefficient (Wildman–Crippen LogP) is 14.2. The summed E-state index contributed by atoms with van der Waals surface area (Å²) in [6.07, 6.45) is 54.5. The van der Waals surface area contributed by atoms with Crippen LogP contribution in [0.4, 0.5) is 0 Å². The molecule has 0 aromatic carbocycles. The summed E-state index contributed by atoms with van der Waals surface area (Å²) in [5.74, 6) is -1.79. The van der Waals surface area contributed by atoms with Crippen molar-refractivity contribution in [1.82, 2.24) is 0 Å². The third-order valence-electron chi connectivity index (χ3n) is 10.6. The van der Waals surface area contributed by atoms with Crippen molar-refractivity contribution in [2.75, 3.05) is 26.4 Å². The van der Waals surface area contributed by atoms with Crippen molar-refractivity contribution >= 4 is 19.8 Å². The molecule has 11 heteroatoms. The molecule has 0 aromatic rings. The number of phosphoric ester groups is 1. The van der Waals surface area contributed by atoms with Crippen molar-refractivity contribution in [1.29, 1.82) is 0 Å². The monoisotopic (exact) mass is 882 g/mol. The number of carboxylic acids is 1. The van der Waals surface area contributed by atoms with Gasteiger partial charge in [0.1, 0.15) is 12.1 Å². The van der Waals surface area contributed by atoms with Gasteiger partial charge in [-0.05, 0) is 70.6 Å². The number of nitrogens with two attached hydrogens (primary N) is 1. The van der Waals surface area contributed by atoms with Gasteiger partial charge in [0.05, 0.1) is 19.8 Å². The molecule has 0 amide bonds. The molecule has 0 fully saturated rings. The fourth-order valence-electron chi connectivity index (χ4n) is 6.79. The van der Waals surface area contributed by atoms with Crippen molar-refractivity contribution in [3.05, 3.63) is 48.6 Å². The van der Waals surface area contributed by atoms with Gasteiger partial charge in [-0.1, -0.05) is 191 Å². The summed E-state index contributed by atoms with van der Waals surface area (Å²) in [6, 6.07) is -1.48. The molecule has 61 heavy (non-hydrogen) atoms. The predicted molar refractivity (Wildman–Crippen MR) is 254 cm³/mol. The minimum absolute atomic E-state index is 0.0119. The fraction of sp³-hybridized carbons (Fsp3) is 0.800. The van der Waals surface area contributed by atoms with Crippen LogP contribution >= 0.6 is 7.82 Å². The van der Waals surface area contributed by atoms with Crippen molar-refractivity contribution in [3.63, 3.8) is 0 Å². The summed E-state index contributed by atoms with van der Waals surface area (Å²) in [6.45, 7) is 3.78. The van der Waals surface area contributed by atoms with Crippen LogP contribution in [0.15, 0.2) is 48.6 Å². The molecule has 0 saturated heterocycles. The second-order valence-corrected chi connectivity index (χ2v) is 18.0. The van der Waals surface area contributed by atoms with E-state index in [1.807, 2.05) is 0 Å². The quantitative estimate of drug-likeness (QED) is 0.0233. The summed E-state index contributed by atoms with van der Waals surface area (Å²) in [5, 5.41) is 8.92. The lowest BCUT2D eigenvalue weighted by Gasteiger charge is -2.20. The molecule has 0 aliphatic heterocycles. The zero-order valence-corrected chi connectivity index (χ0v) is 39.9. The van der Waals surface area contributed by atoms with Gasteiger partial charge in [-0.15, -0.1) is 0 Å². The highest BCUT2D eigenvalue weighted by Gasteiger charge is 2.27. The molecule has 0 aromatic heterocycles. The first-order chi connectivity index (χ1) is 29.7. The highest BCUT2D eigenvalue weighted by molar-refractivity contribution is 7.47. The average Bonchev–Trinajstić information content (AvgIpc) is 3.24. The molecule has 0 aliphatic carbocycles. The number of aliphatic carboxylic acids is 1. The zero-order valence-electron chi connectivity index (χ0n) is 39.0. The normalized spacial score (nSPS) is 14.2. The lowest BCUT2D eigenvalue weighted by molar-refractivity contribution is -0.154. The first kappa shape index (κ1) is 58.9. The lowest BCUT2D eigenvalue weighted by Crippen LogP contribution is -2.34. The number of phosphoric acid groups is 1. The van der Waals surface area contributed by atoms with E-state index in [1.165, 1.54) is 128 Å². The number of carboxylic acid groups (broad SMARTS) is 1. The summed E-state index contributed by atoms with van der Waals surface area (Å²) >= 11 is 0. The van der Waals surface area contributed by atoms with Crippen LogP contribution in [-0.2, 0) is 32.7 Å². The molecule has 0 saturated carbocycles. The van der Waals surface area contributed by atoms with Gasteiger partial charge in [0.2, 0.25) is 0 Å². The molecule has 0 spiro atoms. The van der Waals surface area contributed by atoms with E-state index in [0.29, 0.717) is 13.0 Å². The molecule has 0 rings (SSSR count). The molecule has 3 atom stereocenters. The van der Waals surface area contributed by atoms with E-state index >= 15 is 0 Å². The molecular weight excluding hydrogens is 790 g/mol. The first-order valence-electron chi connectivity index (χ1n) is 24.7. The minimum atomic E-state index is -4.62. The van der Waals surface area contributed by atoms with Gasteiger partial charge in [-0.25, -0.2) is 4.57 Å². The molecule has 0 heterocycles. The second kappa shape index (κ2) is 45.9. The van der Waals surface area contributed by atoms with E-state index in [9.17, 15) is 19.0 Å². The SMILES string of the molecule is CC/C=C\C/C=C\C/C=C\CCCCCCCCCC(=O)OC(COCCCCCCCCCCCC/C=C\CCCCCCCCCC)COP(=O)(O)OCC(N)C(=O)O. The molecular formula is C50H92NO9P. The summed E-state index contributed by atoms with van der Waals surface area (Å²) in [7, 11) is -4.62. The Hall–Kier alpha value is -2.07. The van der Waals surface area contributed by atoms with Crippen LogP contribution < -0.4 is 5.73 Å². The summed E-state index contributed by atoms with van der Waals surface area (Å²) in [5.41, 5.74) is 5.37. The van der Waals surface area contributed by atoms with Crippen molar-refractivity contribution < 1.29 is 42.7 Å². The van der Waals surface area contributed by atoms with E-state index in [2.05, 4.69) is 62.5 Å². The Labute approximate surface area is 373 Å². The van der Waals surface area contributed by atoms with E-state index in [4.69, 9.17) is 29.4 Å². The smallest absolute Gasteiger partial charge is 0.472 e. The largest absolute Gasteiger partial charge is 0.480 e. The van der Waals surface area contributed by atoms with Crippen LogP contribution in [0, 0.1) is 0 Å². The lowest BCUT2D eigenvalue weighted by atomic mass is 10.1. The number of carbonyl (C=O) groups excluding carboxylic acids is 1. The van der Waals surface area contributed by atoms with Gasteiger partial charge in [0.25, 0.3) is 0 Å². The van der Waals surface area contributed by atoms with Crippen LogP contribution in [0.1, 0.15) is 219 Å². The van der Waals surface area contributed by atoms with Crippen LogP contribution in [0.2, 0.25) is 0 Å². The summed E-state index contributed by atoms with van der Waals surface area (Å²) < 4.78 is 33.5. The van der Waals surface area contributed by atoms with Gasteiger partial charge in [-0.2, -0.15) is 0 Å². The fourth-order valence-corrected chi connectivity index (χ4v) is 7.57. The van der Waals surface area contributed by atoms with Gasteiger partial charge < -0.3 is 25.2 Å². The Bertz CT molecular complexity index is 1160. The van der Waals surface area contributed by atoms with Gasteiger partial charge in [-0.3, -0.25) is 18.6 Å². The van der Waals surface area contributed by atoms with Crippen molar-refractivity contribution in [3.8, 4) is 0 Å². The maximum Gasteiger partial charge on any atom is 0.472 e. The highest BCUT2D eigenvalue weighted by Crippen LogP contribution is 2.43. The zero-order chi connectivity index (χ0) is 44.8. The van der Waals surface area contributed by atoms with Crippen LogP contribution in [0.5, 0.6) is 0 Å². The molecule has 0 radical (unpaired) electrons. The van der Waals surface area contributed by atoms with Gasteiger partial charge in [0, 0.05) is 13.0 Å².